The Labute approximate surface area is 155 Å². The summed E-state index contributed by atoms with van der Waals surface area (Å²) in [5, 5.41) is 11.9. The smallest absolute Gasteiger partial charge is 0.312 e. The molecule has 0 aromatic heterocycles. The van der Waals surface area contributed by atoms with Gasteiger partial charge in [-0.2, -0.15) is 5.06 Å². The highest BCUT2D eigenvalue weighted by molar-refractivity contribution is 5.77. The zero-order valence-corrected chi connectivity index (χ0v) is 18.4. The fraction of sp³-hybridized carbons (Fsp3) is 0.952. The molecule has 1 aliphatic heterocycles. The first-order chi connectivity index (χ1) is 10.8. The van der Waals surface area contributed by atoms with Crippen molar-refractivity contribution in [2.45, 2.75) is 113 Å². The maximum atomic E-state index is 13.3. The number of piperidine rings is 1. The fourth-order valence-electron chi connectivity index (χ4n) is 4.25. The van der Waals surface area contributed by atoms with Crippen LogP contribution in [0.15, 0.2) is 0 Å². The fourth-order valence-corrected chi connectivity index (χ4v) is 4.25. The number of esters is 1. The van der Waals surface area contributed by atoms with Crippen molar-refractivity contribution < 1.29 is 14.7 Å². The van der Waals surface area contributed by atoms with Crippen molar-refractivity contribution in [1.29, 1.82) is 0 Å². The molecule has 4 nitrogen and oxygen atoms in total. The van der Waals surface area contributed by atoms with Gasteiger partial charge in [0.05, 0.1) is 5.41 Å². The molecule has 1 rings (SSSR count). The number of rotatable bonds is 3. The van der Waals surface area contributed by atoms with E-state index in [1.54, 1.807) is 0 Å². The molecule has 148 valence electrons. The van der Waals surface area contributed by atoms with Gasteiger partial charge in [-0.05, 0) is 51.9 Å². The van der Waals surface area contributed by atoms with Crippen LogP contribution in [-0.2, 0) is 9.53 Å². The van der Waals surface area contributed by atoms with Gasteiger partial charge in [-0.15, -0.1) is 0 Å². The molecule has 0 aromatic rings. The first-order valence-electron chi connectivity index (χ1n) is 9.52. The second kappa shape index (κ2) is 6.53. The van der Waals surface area contributed by atoms with Gasteiger partial charge in [-0.25, -0.2) is 0 Å². The van der Waals surface area contributed by atoms with Gasteiger partial charge in [-0.3, -0.25) is 4.79 Å². The third-order valence-electron chi connectivity index (χ3n) is 5.86. The molecular formula is C21H41NO3. The highest BCUT2D eigenvalue weighted by Gasteiger charge is 2.51. The zero-order valence-electron chi connectivity index (χ0n) is 18.4. The zero-order chi connectivity index (χ0) is 20.1. The van der Waals surface area contributed by atoms with E-state index in [9.17, 15) is 10.0 Å². The van der Waals surface area contributed by atoms with E-state index in [0.29, 0.717) is 12.8 Å². The summed E-state index contributed by atoms with van der Waals surface area (Å²) in [6.45, 7) is 22.9. The van der Waals surface area contributed by atoms with Crippen LogP contribution in [0, 0.1) is 16.2 Å². The molecule has 0 spiro atoms. The number of ether oxygens (including phenoxy) is 1. The summed E-state index contributed by atoms with van der Waals surface area (Å²) in [4.78, 5) is 13.3. The average Bonchev–Trinajstić information content (AvgIpc) is 2.31. The summed E-state index contributed by atoms with van der Waals surface area (Å²) < 4.78 is 6.07. The second-order valence-corrected chi connectivity index (χ2v) is 11.7. The molecule has 1 saturated heterocycles. The summed E-state index contributed by atoms with van der Waals surface area (Å²) in [6.07, 6.45) is 1.86. The third kappa shape index (κ3) is 4.97. The molecule has 0 aliphatic carbocycles. The molecule has 0 bridgehead atoms. The average molecular weight is 356 g/mol. The van der Waals surface area contributed by atoms with E-state index in [2.05, 4.69) is 41.5 Å². The van der Waals surface area contributed by atoms with Crippen LogP contribution < -0.4 is 0 Å². The Balaban J connectivity index is 3.05. The minimum Gasteiger partial charge on any atom is -0.462 e. The van der Waals surface area contributed by atoms with Crippen LogP contribution in [0.1, 0.15) is 95.4 Å². The van der Waals surface area contributed by atoms with Gasteiger partial charge >= 0.3 is 5.97 Å². The molecule has 25 heavy (non-hydrogen) atoms. The van der Waals surface area contributed by atoms with Crippen LogP contribution >= 0.6 is 0 Å². The Morgan fingerprint density at radius 3 is 1.72 bits per heavy atom. The van der Waals surface area contributed by atoms with Gasteiger partial charge in [0.25, 0.3) is 0 Å². The lowest BCUT2D eigenvalue weighted by molar-refractivity contribution is -0.261. The van der Waals surface area contributed by atoms with Crippen molar-refractivity contribution in [2.75, 3.05) is 0 Å². The lowest BCUT2D eigenvalue weighted by Gasteiger charge is -2.52. The van der Waals surface area contributed by atoms with E-state index < -0.39 is 16.5 Å². The van der Waals surface area contributed by atoms with Crippen molar-refractivity contribution in [2.24, 2.45) is 16.2 Å². The maximum Gasteiger partial charge on any atom is 0.312 e. The highest BCUT2D eigenvalue weighted by Crippen LogP contribution is 2.48. The number of carbonyl (C=O) groups is 1. The second-order valence-electron chi connectivity index (χ2n) is 11.7. The van der Waals surface area contributed by atoms with Gasteiger partial charge in [0.1, 0.15) is 6.10 Å². The summed E-state index contributed by atoms with van der Waals surface area (Å²) in [7, 11) is 0. The molecule has 1 atom stereocenters. The molecule has 1 N–H and O–H groups in total. The first-order valence-corrected chi connectivity index (χ1v) is 9.52. The predicted octanol–water partition coefficient (Wildman–Crippen LogP) is 5.43. The predicted molar refractivity (Wildman–Crippen MR) is 103 cm³/mol. The van der Waals surface area contributed by atoms with E-state index in [4.69, 9.17) is 4.74 Å². The van der Waals surface area contributed by atoms with E-state index >= 15 is 0 Å². The largest absolute Gasteiger partial charge is 0.462 e. The molecule has 1 heterocycles. The molecule has 0 amide bonds. The van der Waals surface area contributed by atoms with Crippen LogP contribution in [-0.4, -0.2) is 33.4 Å². The van der Waals surface area contributed by atoms with Crippen LogP contribution in [0.25, 0.3) is 0 Å². The number of carbonyl (C=O) groups excluding carboxylic acids is 1. The van der Waals surface area contributed by atoms with Crippen molar-refractivity contribution in [3.05, 3.63) is 0 Å². The third-order valence-corrected chi connectivity index (χ3v) is 5.86. The number of hydroxylamine groups is 2. The molecule has 1 fully saturated rings. The molecular weight excluding hydrogens is 314 g/mol. The van der Waals surface area contributed by atoms with E-state index in [0.717, 1.165) is 6.42 Å². The van der Waals surface area contributed by atoms with Crippen molar-refractivity contribution in [3.63, 3.8) is 0 Å². The van der Waals surface area contributed by atoms with E-state index in [-0.39, 0.29) is 22.9 Å². The Morgan fingerprint density at radius 2 is 1.40 bits per heavy atom. The molecule has 1 unspecified atom stereocenters. The van der Waals surface area contributed by atoms with Crippen LogP contribution in [0.4, 0.5) is 0 Å². The van der Waals surface area contributed by atoms with Crippen LogP contribution in [0.3, 0.4) is 0 Å². The van der Waals surface area contributed by atoms with Crippen molar-refractivity contribution in [3.8, 4) is 0 Å². The summed E-state index contributed by atoms with van der Waals surface area (Å²) in [6, 6.07) is 0. The van der Waals surface area contributed by atoms with Gasteiger partial charge in [0.2, 0.25) is 0 Å². The standard InChI is InChI=1S/C21H41NO3/c1-17(2,3)14-21(11,18(4,5)6)16(23)25-15-12-19(7,8)22(24)20(9,10)13-15/h15,24H,12-14H2,1-11H3. The summed E-state index contributed by atoms with van der Waals surface area (Å²) in [5.41, 5.74) is -1.56. The first kappa shape index (κ1) is 22.4. The monoisotopic (exact) mass is 355 g/mol. The Morgan fingerprint density at radius 1 is 1.00 bits per heavy atom. The van der Waals surface area contributed by atoms with Gasteiger partial charge in [-0.1, -0.05) is 41.5 Å². The number of hydrogen-bond donors (Lipinski definition) is 1. The topological polar surface area (TPSA) is 49.8 Å². The summed E-state index contributed by atoms with van der Waals surface area (Å²) in [5.74, 6) is -0.113. The van der Waals surface area contributed by atoms with E-state index in [1.807, 2.05) is 34.6 Å². The summed E-state index contributed by atoms with van der Waals surface area (Å²) >= 11 is 0. The minimum atomic E-state index is -0.560. The molecule has 0 radical (unpaired) electrons. The Hall–Kier alpha value is -0.610. The van der Waals surface area contributed by atoms with Crippen molar-refractivity contribution >= 4 is 5.97 Å². The van der Waals surface area contributed by atoms with Gasteiger partial charge < -0.3 is 9.94 Å². The van der Waals surface area contributed by atoms with Crippen LogP contribution in [0.5, 0.6) is 0 Å². The molecule has 1 aliphatic rings. The van der Waals surface area contributed by atoms with Gasteiger partial charge in [0.15, 0.2) is 0 Å². The van der Waals surface area contributed by atoms with Crippen LogP contribution in [0.2, 0.25) is 0 Å². The number of hydrogen-bond acceptors (Lipinski definition) is 4. The maximum absolute atomic E-state index is 13.3. The number of nitrogens with zero attached hydrogens (tertiary/aromatic N) is 1. The lowest BCUT2D eigenvalue weighted by atomic mass is 9.61. The lowest BCUT2D eigenvalue weighted by Crippen LogP contribution is -2.61. The highest BCUT2D eigenvalue weighted by atomic mass is 16.5. The molecule has 4 heteroatoms. The SMILES string of the molecule is CC(C)(C)CC(C)(C(=O)OC1CC(C)(C)N(O)C(C)(C)C1)C(C)(C)C. The van der Waals surface area contributed by atoms with E-state index in [1.165, 1.54) is 5.06 Å². The molecule has 0 aromatic carbocycles. The minimum absolute atomic E-state index is 0.0358. The Kier molecular flexibility index (Phi) is 5.85. The van der Waals surface area contributed by atoms with Gasteiger partial charge in [0, 0.05) is 23.9 Å². The molecule has 0 saturated carbocycles. The quantitative estimate of drug-likeness (QED) is 0.686. The normalized spacial score (nSPS) is 24.6. The van der Waals surface area contributed by atoms with Crippen molar-refractivity contribution in [1.82, 2.24) is 5.06 Å². The Bertz CT molecular complexity index is 478.